The fourth-order valence-electron chi connectivity index (χ4n) is 2.94. The summed E-state index contributed by atoms with van der Waals surface area (Å²) in [5.41, 5.74) is 1.77. The van der Waals surface area contributed by atoms with E-state index in [2.05, 4.69) is 20.5 Å². The van der Waals surface area contributed by atoms with E-state index in [0.29, 0.717) is 6.54 Å². The molecule has 2 aromatic rings. The maximum absolute atomic E-state index is 12.1. The first-order valence-electron chi connectivity index (χ1n) is 9.11. The third-order valence-electron chi connectivity index (χ3n) is 4.18. The van der Waals surface area contributed by atoms with Gasteiger partial charge in [-0.25, -0.2) is 9.78 Å². The van der Waals surface area contributed by atoms with Gasteiger partial charge in [0.15, 0.2) is 0 Å². The molecule has 0 bridgehead atoms. The van der Waals surface area contributed by atoms with Crippen LogP contribution in [0.1, 0.15) is 32.3 Å². The Morgan fingerprint density at radius 3 is 2.62 bits per heavy atom. The topological polar surface area (TPSA) is 66.5 Å². The van der Waals surface area contributed by atoms with E-state index in [4.69, 9.17) is 4.74 Å². The van der Waals surface area contributed by atoms with Crippen LogP contribution in [0.3, 0.4) is 0 Å². The Labute approximate surface area is 154 Å². The molecule has 0 atom stereocenters. The molecular formula is C20H26N4O2. The van der Waals surface area contributed by atoms with Crippen molar-refractivity contribution in [3.05, 3.63) is 48.2 Å². The second-order valence-corrected chi connectivity index (χ2v) is 6.72. The zero-order chi connectivity index (χ0) is 18.4. The normalized spacial score (nSPS) is 13.7. The molecule has 0 radical (unpaired) electrons. The van der Waals surface area contributed by atoms with Crippen LogP contribution in [0.15, 0.2) is 42.6 Å². The highest BCUT2D eigenvalue weighted by Gasteiger charge is 2.13. The maximum Gasteiger partial charge on any atom is 0.319 e. The Bertz CT molecular complexity index is 725. The molecule has 3 rings (SSSR count). The standard InChI is InChI=1S/C20H26N4O2/c1-15(2)26-18-7-5-17(6-8-18)23-20(25)22-14-16-9-10-21-19(13-16)24-11-3-4-12-24/h5-10,13,15H,3-4,11-12,14H2,1-2H3,(H2,22,23,25). The van der Waals surface area contributed by atoms with Crippen molar-refractivity contribution < 1.29 is 9.53 Å². The molecule has 1 saturated heterocycles. The van der Waals surface area contributed by atoms with Crippen molar-refractivity contribution in [1.29, 1.82) is 0 Å². The Hall–Kier alpha value is -2.76. The van der Waals surface area contributed by atoms with Crippen molar-refractivity contribution in [2.75, 3.05) is 23.3 Å². The van der Waals surface area contributed by atoms with Crippen LogP contribution in [-0.2, 0) is 6.54 Å². The number of aromatic nitrogens is 1. The number of rotatable bonds is 6. The van der Waals surface area contributed by atoms with E-state index < -0.39 is 0 Å². The van der Waals surface area contributed by atoms with Gasteiger partial charge in [-0.3, -0.25) is 0 Å². The molecule has 6 nitrogen and oxygen atoms in total. The summed E-state index contributed by atoms with van der Waals surface area (Å²) in [6, 6.07) is 11.1. The van der Waals surface area contributed by atoms with Crippen molar-refractivity contribution in [3.63, 3.8) is 0 Å². The number of hydrogen-bond acceptors (Lipinski definition) is 4. The monoisotopic (exact) mass is 354 g/mol. The molecule has 0 aliphatic carbocycles. The molecule has 26 heavy (non-hydrogen) atoms. The summed E-state index contributed by atoms with van der Waals surface area (Å²) in [5, 5.41) is 5.72. The average Bonchev–Trinajstić information content (AvgIpc) is 3.16. The molecular weight excluding hydrogens is 328 g/mol. The van der Waals surface area contributed by atoms with Crippen LogP contribution in [0.25, 0.3) is 0 Å². The van der Waals surface area contributed by atoms with Gasteiger partial charge in [-0.05, 0) is 68.7 Å². The van der Waals surface area contributed by atoms with Gasteiger partial charge in [0, 0.05) is 31.5 Å². The second kappa shape index (κ2) is 8.56. The number of nitrogens with one attached hydrogen (secondary N) is 2. The Morgan fingerprint density at radius 1 is 1.19 bits per heavy atom. The number of pyridine rings is 1. The Morgan fingerprint density at radius 2 is 1.92 bits per heavy atom. The van der Waals surface area contributed by atoms with E-state index in [1.54, 1.807) is 6.20 Å². The lowest BCUT2D eigenvalue weighted by Gasteiger charge is -2.17. The largest absolute Gasteiger partial charge is 0.491 e. The minimum absolute atomic E-state index is 0.128. The number of hydrogen-bond donors (Lipinski definition) is 2. The van der Waals surface area contributed by atoms with Gasteiger partial charge in [0.05, 0.1) is 6.10 Å². The fraction of sp³-hybridized carbons (Fsp3) is 0.400. The zero-order valence-electron chi connectivity index (χ0n) is 15.4. The summed E-state index contributed by atoms with van der Waals surface area (Å²) >= 11 is 0. The minimum atomic E-state index is -0.234. The fourth-order valence-corrected chi connectivity index (χ4v) is 2.94. The van der Waals surface area contributed by atoms with Gasteiger partial charge in [-0.1, -0.05) is 0 Å². The lowest BCUT2D eigenvalue weighted by Crippen LogP contribution is -2.28. The first-order chi connectivity index (χ1) is 12.6. The molecule has 1 aromatic carbocycles. The van der Waals surface area contributed by atoms with Crippen LogP contribution >= 0.6 is 0 Å². The van der Waals surface area contributed by atoms with Crippen molar-refractivity contribution in [3.8, 4) is 5.75 Å². The van der Waals surface area contributed by atoms with E-state index in [1.807, 2.05) is 50.2 Å². The van der Waals surface area contributed by atoms with Gasteiger partial charge in [0.1, 0.15) is 11.6 Å². The smallest absolute Gasteiger partial charge is 0.319 e. The molecule has 2 amide bonds. The maximum atomic E-state index is 12.1. The number of urea groups is 1. The van der Waals surface area contributed by atoms with Crippen molar-refractivity contribution in [2.45, 2.75) is 39.3 Å². The van der Waals surface area contributed by atoms with Gasteiger partial charge in [-0.15, -0.1) is 0 Å². The first kappa shape index (κ1) is 18.0. The molecule has 1 aliphatic rings. The van der Waals surface area contributed by atoms with Gasteiger partial charge in [-0.2, -0.15) is 0 Å². The quantitative estimate of drug-likeness (QED) is 0.828. The summed E-state index contributed by atoms with van der Waals surface area (Å²) in [5.74, 6) is 1.78. The third kappa shape index (κ3) is 5.12. The van der Waals surface area contributed by atoms with E-state index in [0.717, 1.165) is 35.9 Å². The van der Waals surface area contributed by atoms with Crippen molar-refractivity contribution >= 4 is 17.5 Å². The molecule has 2 N–H and O–H groups in total. The van der Waals surface area contributed by atoms with Crippen molar-refractivity contribution in [1.82, 2.24) is 10.3 Å². The van der Waals surface area contributed by atoms with Gasteiger partial charge >= 0.3 is 6.03 Å². The minimum Gasteiger partial charge on any atom is -0.491 e. The number of ether oxygens (including phenoxy) is 1. The zero-order valence-corrected chi connectivity index (χ0v) is 15.4. The predicted octanol–water partition coefficient (Wildman–Crippen LogP) is 3.79. The van der Waals surface area contributed by atoms with Crippen molar-refractivity contribution in [2.24, 2.45) is 0 Å². The van der Waals surface area contributed by atoms with E-state index in [9.17, 15) is 4.79 Å². The van der Waals surface area contributed by atoms with Gasteiger partial charge in [0.2, 0.25) is 0 Å². The summed E-state index contributed by atoms with van der Waals surface area (Å²) in [4.78, 5) is 18.8. The Kier molecular flexibility index (Phi) is 5.94. The van der Waals surface area contributed by atoms with Crippen LogP contribution in [0.2, 0.25) is 0 Å². The number of benzene rings is 1. The molecule has 0 unspecified atom stereocenters. The Balaban J connectivity index is 1.50. The van der Waals surface area contributed by atoms with Crippen LogP contribution in [0.5, 0.6) is 5.75 Å². The highest BCUT2D eigenvalue weighted by Crippen LogP contribution is 2.19. The lowest BCUT2D eigenvalue weighted by atomic mass is 10.2. The summed E-state index contributed by atoms with van der Waals surface area (Å²) in [6.45, 7) is 6.53. The highest BCUT2D eigenvalue weighted by atomic mass is 16.5. The van der Waals surface area contributed by atoms with Crippen LogP contribution in [0, 0.1) is 0 Å². The number of amides is 2. The number of carbonyl (C=O) groups is 1. The van der Waals surface area contributed by atoms with Crippen LogP contribution in [0.4, 0.5) is 16.3 Å². The highest BCUT2D eigenvalue weighted by molar-refractivity contribution is 5.89. The summed E-state index contributed by atoms with van der Waals surface area (Å²) in [7, 11) is 0. The molecule has 1 aliphatic heterocycles. The molecule has 0 saturated carbocycles. The molecule has 138 valence electrons. The predicted molar refractivity (Wildman–Crippen MR) is 104 cm³/mol. The molecule has 6 heteroatoms. The number of nitrogens with zero attached hydrogens (tertiary/aromatic N) is 2. The van der Waals surface area contributed by atoms with E-state index >= 15 is 0 Å². The molecule has 2 heterocycles. The van der Waals surface area contributed by atoms with E-state index in [-0.39, 0.29) is 12.1 Å². The summed E-state index contributed by atoms with van der Waals surface area (Å²) in [6.07, 6.45) is 4.36. The SMILES string of the molecule is CC(C)Oc1ccc(NC(=O)NCc2ccnc(N3CCCC3)c2)cc1. The van der Waals surface area contributed by atoms with Gasteiger partial charge in [0.25, 0.3) is 0 Å². The number of carbonyl (C=O) groups excluding carboxylic acids is 1. The molecule has 1 aromatic heterocycles. The second-order valence-electron chi connectivity index (χ2n) is 6.72. The average molecular weight is 354 g/mol. The van der Waals surface area contributed by atoms with E-state index in [1.165, 1.54) is 12.8 Å². The molecule has 0 spiro atoms. The lowest BCUT2D eigenvalue weighted by molar-refractivity contribution is 0.242. The summed E-state index contributed by atoms with van der Waals surface area (Å²) < 4.78 is 5.59. The van der Waals surface area contributed by atoms with Gasteiger partial charge < -0.3 is 20.3 Å². The number of anilines is 2. The third-order valence-corrected chi connectivity index (χ3v) is 4.18. The van der Waals surface area contributed by atoms with Crippen LogP contribution < -0.4 is 20.3 Å². The van der Waals surface area contributed by atoms with Crippen LogP contribution in [-0.4, -0.2) is 30.2 Å². The first-order valence-corrected chi connectivity index (χ1v) is 9.11. The molecule has 1 fully saturated rings.